The van der Waals surface area contributed by atoms with Crippen molar-refractivity contribution in [1.29, 1.82) is 0 Å². The predicted molar refractivity (Wildman–Crippen MR) is 109 cm³/mol. The van der Waals surface area contributed by atoms with Gasteiger partial charge in [-0.3, -0.25) is 4.79 Å². The van der Waals surface area contributed by atoms with Crippen molar-refractivity contribution in [3.8, 4) is 0 Å². The van der Waals surface area contributed by atoms with Gasteiger partial charge in [0.25, 0.3) is 5.91 Å². The van der Waals surface area contributed by atoms with Crippen LogP contribution < -0.4 is 5.32 Å². The first-order valence-corrected chi connectivity index (χ1v) is 11.5. The Morgan fingerprint density at radius 2 is 1.81 bits per heavy atom. The average molecular weight is 405 g/mol. The molecule has 1 aliphatic heterocycles. The molecule has 1 heterocycles. The molecule has 2 aromatic carbocycles. The number of benzene rings is 2. The van der Waals surface area contributed by atoms with Crippen molar-refractivity contribution in [3.05, 3.63) is 59.7 Å². The zero-order valence-corrected chi connectivity index (χ0v) is 17.0. The normalized spacial score (nSPS) is 15.0. The van der Waals surface area contributed by atoms with Crippen LogP contribution in [0.2, 0.25) is 0 Å². The predicted octanol–water partition coefficient (Wildman–Crippen LogP) is 3.30. The maximum absolute atomic E-state index is 12.7. The van der Waals surface area contributed by atoms with Crippen molar-refractivity contribution >= 4 is 27.7 Å². The van der Waals surface area contributed by atoms with Gasteiger partial charge in [-0.25, -0.2) is 8.42 Å². The zero-order chi connectivity index (χ0) is 19.3. The number of nitrogens with one attached hydrogen (secondary N) is 1. The third-order valence-corrected chi connectivity index (χ3v) is 7.46. The summed E-state index contributed by atoms with van der Waals surface area (Å²) in [7, 11) is -3.52. The molecule has 2 aromatic rings. The van der Waals surface area contributed by atoms with E-state index in [2.05, 4.69) is 5.32 Å². The highest BCUT2D eigenvalue weighted by Crippen LogP contribution is 2.23. The van der Waals surface area contributed by atoms with Gasteiger partial charge in [0.1, 0.15) is 0 Å². The summed E-state index contributed by atoms with van der Waals surface area (Å²) in [5.74, 6) is 0.514. The van der Waals surface area contributed by atoms with Crippen molar-refractivity contribution < 1.29 is 13.2 Å². The molecule has 27 heavy (non-hydrogen) atoms. The van der Waals surface area contributed by atoms with Crippen molar-refractivity contribution in [1.82, 2.24) is 9.62 Å². The molecule has 0 aliphatic carbocycles. The smallest absolute Gasteiger partial charge is 0.251 e. The highest BCUT2D eigenvalue weighted by molar-refractivity contribution is 7.99. The van der Waals surface area contributed by atoms with Gasteiger partial charge in [0, 0.05) is 35.8 Å². The molecule has 5 nitrogen and oxygen atoms in total. The van der Waals surface area contributed by atoms with Crippen LogP contribution in [0.5, 0.6) is 0 Å². The maximum atomic E-state index is 12.7. The van der Waals surface area contributed by atoms with Gasteiger partial charge < -0.3 is 5.32 Å². The lowest BCUT2D eigenvalue weighted by molar-refractivity contribution is 0.0955. The molecule has 1 fully saturated rings. The van der Waals surface area contributed by atoms with Crippen LogP contribution in [0.25, 0.3) is 0 Å². The topological polar surface area (TPSA) is 66.5 Å². The number of carbonyl (C=O) groups is 1. The second-order valence-corrected chi connectivity index (χ2v) is 9.61. The summed E-state index contributed by atoms with van der Waals surface area (Å²) >= 11 is 1.67. The summed E-state index contributed by atoms with van der Waals surface area (Å²) in [6.07, 6.45) is 1.77. The molecule has 1 saturated heterocycles. The molecule has 0 atom stereocenters. The number of sulfonamides is 1. The Hall–Kier alpha value is -1.83. The fraction of sp³-hybridized carbons (Fsp3) is 0.350. The fourth-order valence-corrected chi connectivity index (χ4v) is 5.36. The van der Waals surface area contributed by atoms with Crippen LogP contribution in [-0.4, -0.2) is 44.0 Å². The van der Waals surface area contributed by atoms with Gasteiger partial charge >= 0.3 is 0 Å². The Balaban J connectivity index is 1.64. The summed E-state index contributed by atoms with van der Waals surface area (Å²) in [5, 5.41) is 2.89. The summed E-state index contributed by atoms with van der Waals surface area (Å²) in [6, 6.07) is 14.8. The third kappa shape index (κ3) is 4.91. The number of carbonyl (C=O) groups excluding carboxylic acids is 1. The summed E-state index contributed by atoms with van der Waals surface area (Å²) in [4.78, 5) is 13.9. The minimum absolute atomic E-state index is 0.193. The number of thioether (sulfide) groups is 1. The summed E-state index contributed by atoms with van der Waals surface area (Å²) in [6.45, 7) is 3.43. The molecular weight excluding hydrogens is 380 g/mol. The minimum atomic E-state index is -3.52. The molecule has 0 unspecified atom stereocenters. The van der Waals surface area contributed by atoms with E-state index in [1.54, 1.807) is 23.9 Å². The van der Waals surface area contributed by atoms with Crippen molar-refractivity contribution in [3.63, 3.8) is 0 Å². The van der Waals surface area contributed by atoms with Gasteiger partial charge in [-0.05, 0) is 49.6 Å². The molecular formula is C20H24N2O3S2. The quantitative estimate of drug-likeness (QED) is 0.568. The number of aryl methyl sites for hydroxylation is 1. The Bertz CT molecular complexity index is 893. The van der Waals surface area contributed by atoms with Crippen LogP contribution in [0.15, 0.2) is 58.3 Å². The Morgan fingerprint density at radius 1 is 1.11 bits per heavy atom. The van der Waals surface area contributed by atoms with Crippen LogP contribution in [-0.2, 0) is 10.0 Å². The van der Waals surface area contributed by atoms with Crippen molar-refractivity contribution in [2.45, 2.75) is 29.6 Å². The molecule has 0 bridgehead atoms. The molecule has 0 radical (unpaired) electrons. The van der Waals surface area contributed by atoms with Crippen LogP contribution in [0.3, 0.4) is 0 Å². The van der Waals surface area contributed by atoms with Gasteiger partial charge in [-0.15, -0.1) is 11.8 Å². The van der Waals surface area contributed by atoms with Gasteiger partial charge in [0.15, 0.2) is 0 Å². The standard InChI is InChI=1S/C20H24N2O3S2/c1-16-9-10-18(27(24,25)22-12-5-6-13-22)15-19(16)20(23)21-11-14-26-17-7-3-2-4-8-17/h2-4,7-10,15H,5-6,11-14H2,1H3,(H,21,23). The number of amides is 1. The lowest BCUT2D eigenvalue weighted by Crippen LogP contribution is -2.29. The highest BCUT2D eigenvalue weighted by atomic mass is 32.2. The van der Waals surface area contributed by atoms with Crippen LogP contribution in [0.1, 0.15) is 28.8 Å². The number of hydrogen-bond acceptors (Lipinski definition) is 4. The van der Waals surface area contributed by atoms with E-state index >= 15 is 0 Å². The zero-order valence-electron chi connectivity index (χ0n) is 15.3. The molecule has 3 rings (SSSR count). The number of nitrogens with zero attached hydrogens (tertiary/aromatic N) is 1. The van der Waals surface area contributed by atoms with Gasteiger partial charge in [-0.1, -0.05) is 24.3 Å². The molecule has 0 aromatic heterocycles. The van der Waals surface area contributed by atoms with E-state index in [-0.39, 0.29) is 10.8 Å². The lowest BCUT2D eigenvalue weighted by atomic mass is 10.1. The van der Waals surface area contributed by atoms with Crippen LogP contribution >= 0.6 is 11.8 Å². The van der Waals surface area contributed by atoms with Crippen molar-refractivity contribution in [2.75, 3.05) is 25.4 Å². The average Bonchev–Trinajstić information content (AvgIpc) is 3.22. The minimum Gasteiger partial charge on any atom is -0.351 e. The summed E-state index contributed by atoms with van der Waals surface area (Å²) < 4.78 is 27.0. The van der Waals surface area contributed by atoms with E-state index in [9.17, 15) is 13.2 Å². The second-order valence-electron chi connectivity index (χ2n) is 6.51. The highest BCUT2D eigenvalue weighted by Gasteiger charge is 2.28. The molecule has 144 valence electrons. The Labute approximate surface area is 165 Å². The molecule has 1 N–H and O–H groups in total. The van der Waals surface area contributed by atoms with E-state index in [1.165, 1.54) is 10.4 Å². The first-order chi connectivity index (χ1) is 13.0. The van der Waals surface area contributed by atoms with E-state index in [4.69, 9.17) is 0 Å². The first kappa shape index (κ1) is 19.9. The lowest BCUT2D eigenvalue weighted by Gasteiger charge is -2.17. The van der Waals surface area contributed by atoms with Crippen LogP contribution in [0.4, 0.5) is 0 Å². The molecule has 1 aliphatic rings. The third-order valence-electron chi connectivity index (χ3n) is 4.56. The van der Waals surface area contributed by atoms with Gasteiger partial charge in [-0.2, -0.15) is 4.31 Å². The Kier molecular flexibility index (Phi) is 6.57. The van der Waals surface area contributed by atoms with Gasteiger partial charge in [0.2, 0.25) is 10.0 Å². The summed E-state index contributed by atoms with van der Waals surface area (Å²) in [5.41, 5.74) is 1.18. The number of rotatable bonds is 7. The van der Waals surface area contributed by atoms with Gasteiger partial charge in [0.05, 0.1) is 4.90 Å². The van der Waals surface area contributed by atoms with E-state index in [0.717, 1.165) is 29.1 Å². The number of hydrogen-bond donors (Lipinski definition) is 1. The van der Waals surface area contributed by atoms with Crippen molar-refractivity contribution in [2.24, 2.45) is 0 Å². The second kappa shape index (κ2) is 8.91. The Morgan fingerprint density at radius 3 is 2.52 bits per heavy atom. The molecule has 0 spiro atoms. The van der Waals surface area contributed by atoms with E-state index < -0.39 is 10.0 Å². The SMILES string of the molecule is Cc1ccc(S(=O)(=O)N2CCCC2)cc1C(=O)NCCSc1ccccc1. The molecule has 7 heteroatoms. The molecule has 1 amide bonds. The first-order valence-electron chi connectivity index (χ1n) is 9.05. The maximum Gasteiger partial charge on any atom is 0.251 e. The largest absolute Gasteiger partial charge is 0.351 e. The van der Waals surface area contributed by atoms with Crippen LogP contribution in [0, 0.1) is 6.92 Å². The monoisotopic (exact) mass is 404 g/mol. The van der Waals surface area contributed by atoms with E-state index in [1.807, 2.05) is 37.3 Å². The fourth-order valence-electron chi connectivity index (χ4n) is 3.03. The molecule has 0 saturated carbocycles. The van der Waals surface area contributed by atoms with E-state index in [0.29, 0.717) is 25.2 Å².